The molecule has 226 valence electrons. The Kier molecular flexibility index (Phi) is 9.37. The fraction of sp³-hybridized carbons (Fsp3) is 0.448. The number of sulfone groups is 1. The number of halogens is 3. The Bertz CT molecular complexity index is 1630. The van der Waals surface area contributed by atoms with Crippen molar-refractivity contribution >= 4 is 32.5 Å². The van der Waals surface area contributed by atoms with Gasteiger partial charge in [0, 0.05) is 30.5 Å². The third kappa shape index (κ3) is 7.74. The number of likely N-dealkylation sites (tertiary alicyclic amines) is 1. The summed E-state index contributed by atoms with van der Waals surface area (Å²) in [6.45, 7) is 4.66. The summed E-state index contributed by atoms with van der Waals surface area (Å²) >= 11 is 0. The van der Waals surface area contributed by atoms with E-state index >= 15 is 0 Å². The van der Waals surface area contributed by atoms with Gasteiger partial charge in [-0.1, -0.05) is 18.8 Å². The summed E-state index contributed by atoms with van der Waals surface area (Å²) in [5.41, 5.74) is 1.38. The molecular formula is C29H34F3N5O4S. The average molecular weight is 606 g/mol. The maximum Gasteiger partial charge on any atom is 0.406 e. The zero-order chi connectivity index (χ0) is 30.7. The van der Waals surface area contributed by atoms with Gasteiger partial charge in [0.2, 0.25) is 0 Å². The molecule has 0 bridgehead atoms. The standard InChI is InChI=1S/C29H34F3N5O4S/c1-5-41-26-15-21(42(4,39)40)8-9-24(26)33-11-6-7-20-13-22(28(38)35-23-10-12-36(3)16-19(23)2)27-25(14-20)37(18-34-27)17-29(30,31)32/h8-9,13-15,18-19,23,33H,5,10-12,16-17H2,1-4H3,(H,35,38)/t19-,23-/m0/s1. The Labute approximate surface area is 243 Å². The number of ether oxygens (including phenoxy) is 1. The van der Waals surface area contributed by atoms with Crippen molar-refractivity contribution in [3.05, 3.63) is 47.8 Å². The summed E-state index contributed by atoms with van der Waals surface area (Å²) in [6.07, 6.45) is -1.52. The van der Waals surface area contributed by atoms with Gasteiger partial charge >= 0.3 is 6.18 Å². The Hall–Kier alpha value is -3.76. The highest BCUT2D eigenvalue weighted by Gasteiger charge is 2.30. The quantitative estimate of drug-likeness (QED) is 0.375. The van der Waals surface area contributed by atoms with Gasteiger partial charge < -0.3 is 24.8 Å². The van der Waals surface area contributed by atoms with Crippen LogP contribution in [0.25, 0.3) is 11.0 Å². The molecule has 0 radical (unpaired) electrons. The number of nitrogens with zero attached hydrogens (tertiary/aromatic N) is 3. The summed E-state index contributed by atoms with van der Waals surface area (Å²) in [7, 11) is -1.41. The van der Waals surface area contributed by atoms with Gasteiger partial charge in [-0.15, -0.1) is 0 Å². The molecule has 0 spiro atoms. The van der Waals surface area contributed by atoms with Crippen LogP contribution < -0.4 is 15.4 Å². The number of aromatic nitrogens is 2. The number of anilines is 1. The van der Waals surface area contributed by atoms with E-state index in [1.165, 1.54) is 18.2 Å². The molecule has 1 aromatic heterocycles. The van der Waals surface area contributed by atoms with Crippen LogP contribution >= 0.6 is 0 Å². The topological polar surface area (TPSA) is 106 Å². The predicted molar refractivity (Wildman–Crippen MR) is 154 cm³/mol. The molecule has 1 aliphatic rings. The maximum atomic E-state index is 13.4. The smallest absolute Gasteiger partial charge is 0.406 e. The van der Waals surface area contributed by atoms with Crippen molar-refractivity contribution < 1.29 is 31.1 Å². The molecule has 2 N–H and O–H groups in total. The van der Waals surface area contributed by atoms with Crippen LogP contribution in [0.5, 0.6) is 5.75 Å². The number of hydrogen-bond donors (Lipinski definition) is 2. The summed E-state index contributed by atoms with van der Waals surface area (Å²) < 4.78 is 70.2. The van der Waals surface area contributed by atoms with Crippen molar-refractivity contribution in [2.45, 2.75) is 43.9 Å². The number of alkyl halides is 3. The Morgan fingerprint density at radius 3 is 2.67 bits per heavy atom. The number of benzene rings is 2. The minimum absolute atomic E-state index is 0.0754. The molecule has 2 aromatic carbocycles. The van der Waals surface area contributed by atoms with E-state index in [-0.39, 0.29) is 40.0 Å². The van der Waals surface area contributed by atoms with Gasteiger partial charge in [-0.3, -0.25) is 4.79 Å². The molecule has 2 atom stereocenters. The molecule has 1 aliphatic heterocycles. The molecular weight excluding hydrogens is 571 g/mol. The lowest BCUT2D eigenvalue weighted by molar-refractivity contribution is -0.139. The van der Waals surface area contributed by atoms with Crippen molar-refractivity contribution in [2.24, 2.45) is 5.92 Å². The third-order valence-corrected chi connectivity index (χ3v) is 8.14. The Morgan fingerprint density at radius 1 is 1.24 bits per heavy atom. The fourth-order valence-corrected chi connectivity index (χ4v) is 5.62. The molecule has 4 rings (SSSR count). The molecule has 3 aromatic rings. The Balaban J connectivity index is 1.61. The lowest BCUT2D eigenvalue weighted by Crippen LogP contribution is -2.48. The molecule has 42 heavy (non-hydrogen) atoms. The number of fused-ring (bicyclic) bond motifs is 1. The molecule has 0 unspecified atom stereocenters. The number of rotatable bonds is 8. The van der Waals surface area contributed by atoms with Crippen LogP contribution in [0.4, 0.5) is 18.9 Å². The Morgan fingerprint density at radius 2 is 2.00 bits per heavy atom. The molecule has 1 fully saturated rings. The highest BCUT2D eigenvalue weighted by atomic mass is 32.2. The lowest BCUT2D eigenvalue weighted by Gasteiger charge is -2.35. The van der Waals surface area contributed by atoms with Crippen LogP contribution in [-0.4, -0.2) is 80.5 Å². The minimum Gasteiger partial charge on any atom is -0.492 e. The van der Waals surface area contributed by atoms with Gasteiger partial charge in [-0.25, -0.2) is 13.4 Å². The summed E-state index contributed by atoms with van der Waals surface area (Å²) in [4.78, 5) is 19.9. The van der Waals surface area contributed by atoms with Gasteiger partial charge in [0.15, 0.2) is 9.84 Å². The van der Waals surface area contributed by atoms with Gasteiger partial charge in [0.05, 0.1) is 41.1 Å². The molecule has 13 heteroatoms. The third-order valence-electron chi connectivity index (χ3n) is 7.03. The first-order valence-electron chi connectivity index (χ1n) is 13.5. The van der Waals surface area contributed by atoms with E-state index in [0.29, 0.717) is 23.6 Å². The number of piperidine rings is 1. The van der Waals surface area contributed by atoms with Crippen molar-refractivity contribution in [2.75, 3.05) is 44.9 Å². The predicted octanol–water partition coefficient (Wildman–Crippen LogP) is 3.93. The van der Waals surface area contributed by atoms with E-state index in [4.69, 9.17) is 4.74 Å². The zero-order valence-electron chi connectivity index (χ0n) is 23.9. The van der Waals surface area contributed by atoms with Crippen molar-refractivity contribution in [3.63, 3.8) is 0 Å². The molecule has 0 saturated carbocycles. The minimum atomic E-state index is -4.48. The van der Waals surface area contributed by atoms with Crippen molar-refractivity contribution in [1.82, 2.24) is 19.8 Å². The molecule has 2 heterocycles. The van der Waals surface area contributed by atoms with Gasteiger partial charge in [-0.2, -0.15) is 13.2 Å². The van der Waals surface area contributed by atoms with Gasteiger partial charge in [0.1, 0.15) is 17.8 Å². The van der Waals surface area contributed by atoms with Crippen molar-refractivity contribution in [1.29, 1.82) is 0 Å². The van der Waals surface area contributed by atoms with Crippen molar-refractivity contribution in [3.8, 4) is 17.6 Å². The first-order chi connectivity index (χ1) is 19.7. The highest BCUT2D eigenvalue weighted by molar-refractivity contribution is 7.90. The number of carbonyl (C=O) groups excluding carboxylic acids is 1. The second-order valence-electron chi connectivity index (χ2n) is 10.5. The highest BCUT2D eigenvalue weighted by Crippen LogP contribution is 2.28. The van der Waals surface area contributed by atoms with Crippen LogP contribution in [0.2, 0.25) is 0 Å². The number of amides is 1. The SMILES string of the molecule is CCOc1cc(S(C)(=O)=O)ccc1NCC#Cc1cc(C(=O)N[C@H]2CCN(C)C[C@@H]2C)c2ncn(CC(F)(F)F)c2c1. The fourth-order valence-electron chi connectivity index (χ4n) is 4.98. The van der Waals surface area contributed by atoms with Crippen LogP contribution in [0.15, 0.2) is 41.6 Å². The maximum absolute atomic E-state index is 13.4. The first-order valence-corrected chi connectivity index (χ1v) is 15.4. The van der Waals surface area contributed by atoms with E-state index in [0.717, 1.165) is 36.7 Å². The van der Waals surface area contributed by atoms with Crippen LogP contribution in [0.1, 0.15) is 36.2 Å². The number of hydrogen-bond acceptors (Lipinski definition) is 7. The van der Waals surface area contributed by atoms with E-state index in [2.05, 4.69) is 39.3 Å². The summed E-state index contributed by atoms with van der Waals surface area (Å²) in [5.74, 6) is 5.99. The molecule has 1 saturated heterocycles. The lowest BCUT2D eigenvalue weighted by atomic mass is 9.93. The second kappa shape index (κ2) is 12.6. The average Bonchev–Trinajstić information content (AvgIpc) is 3.29. The summed E-state index contributed by atoms with van der Waals surface area (Å²) in [5, 5.41) is 6.13. The van der Waals surface area contributed by atoms with Gasteiger partial charge in [0.25, 0.3) is 5.91 Å². The summed E-state index contributed by atoms with van der Waals surface area (Å²) in [6, 6.07) is 7.43. The van der Waals surface area contributed by atoms with E-state index in [9.17, 15) is 26.4 Å². The van der Waals surface area contributed by atoms with Crippen LogP contribution in [-0.2, 0) is 16.4 Å². The number of imidazole rings is 1. The normalized spacial score (nSPS) is 17.9. The van der Waals surface area contributed by atoms with E-state index < -0.39 is 28.5 Å². The molecule has 9 nitrogen and oxygen atoms in total. The second-order valence-corrected chi connectivity index (χ2v) is 12.5. The van der Waals surface area contributed by atoms with E-state index in [1.54, 1.807) is 19.1 Å². The van der Waals surface area contributed by atoms with E-state index in [1.807, 2.05) is 7.05 Å². The van der Waals surface area contributed by atoms with Gasteiger partial charge in [-0.05, 0) is 57.1 Å². The first kappa shape index (κ1) is 31.2. The zero-order valence-corrected chi connectivity index (χ0v) is 24.7. The van der Waals surface area contributed by atoms with Crippen LogP contribution in [0.3, 0.4) is 0 Å². The van der Waals surface area contributed by atoms with Crippen LogP contribution in [0, 0.1) is 17.8 Å². The number of carbonyl (C=O) groups is 1. The molecule has 1 amide bonds. The number of nitrogens with one attached hydrogen (secondary N) is 2. The molecule has 0 aliphatic carbocycles. The monoisotopic (exact) mass is 605 g/mol. The largest absolute Gasteiger partial charge is 0.492 e.